The van der Waals surface area contributed by atoms with E-state index >= 15 is 0 Å². The highest BCUT2D eigenvalue weighted by Crippen LogP contribution is 2.19. The molecule has 0 bridgehead atoms. The zero-order valence-electron chi connectivity index (χ0n) is 13.3. The maximum atomic E-state index is 13.0. The lowest BCUT2D eigenvalue weighted by Crippen LogP contribution is -2.23. The minimum atomic E-state index is -0.436. The molecule has 2 aromatic carbocycles. The summed E-state index contributed by atoms with van der Waals surface area (Å²) in [7, 11) is 0. The third-order valence-corrected chi connectivity index (χ3v) is 3.91. The molecule has 1 aromatic heterocycles. The number of benzene rings is 2. The van der Waals surface area contributed by atoms with E-state index in [9.17, 15) is 14.0 Å². The van der Waals surface area contributed by atoms with Crippen molar-refractivity contribution in [2.24, 2.45) is 5.73 Å². The van der Waals surface area contributed by atoms with Gasteiger partial charge in [-0.25, -0.2) is 4.39 Å². The zero-order valence-corrected chi connectivity index (χ0v) is 13.3. The van der Waals surface area contributed by atoms with Crippen molar-refractivity contribution in [1.82, 2.24) is 4.57 Å². The van der Waals surface area contributed by atoms with Gasteiger partial charge in [-0.2, -0.15) is 0 Å². The van der Waals surface area contributed by atoms with Crippen molar-refractivity contribution < 1.29 is 9.18 Å². The number of hydrogen-bond donors (Lipinski definition) is 2. The first-order valence-electron chi connectivity index (χ1n) is 7.62. The van der Waals surface area contributed by atoms with E-state index in [1.165, 1.54) is 41.0 Å². The Morgan fingerprint density at radius 2 is 1.60 bits per heavy atom. The molecule has 4 N–H and O–H groups in total. The molecular weight excluding hydrogens is 321 g/mol. The first kappa shape index (κ1) is 16.6. The fraction of sp³-hybridized carbons (Fsp3) is 0.0526. The predicted octanol–water partition coefficient (Wildman–Crippen LogP) is 2.25. The molecule has 0 amide bonds. The van der Waals surface area contributed by atoms with Gasteiger partial charge in [0.2, 0.25) is 0 Å². The summed E-state index contributed by atoms with van der Waals surface area (Å²) in [5, 5.41) is 0. The number of anilines is 1. The van der Waals surface area contributed by atoms with E-state index in [0.717, 1.165) is 5.56 Å². The van der Waals surface area contributed by atoms with Crippen molar-refractivity contribution >= 4 is 11.6 Å². The molecule has 0 saturated heterocycles. The average molecular weight is 337 g/mol. The molecule has 1 heterocycles. The van der Waals surface area contributed by atoms with Crippen LogP contribution in [0.25, 0.3) is 5.69 Å². The lowest BCUT2D eigenvalue weighted by atomic mass is 10.0. The minimum absolute atomic E-state index is 0.0299. The van der Waals surface area contributed by atoms with E-state index < -0.39 is 5.82 Å². The first-order valence-corrected chi connectivity index (χ1v) is 7.62. The van der Waals surface area contributed by atoms with Gasteiger partial charge in [-0.1, -0.05) is 12.1 Å². The summed E-state index contributed by atoms with van der Waals surface area (Å²) in [6.45, 7) is 0.383. The fourth-order valence-corrected chi connectivity index (χ4v) is 2.55. The van der Waals surface area contributed by atoms with E-state index in [1.54, 1.807) is 24.3 Å². The van der Waals surface area contributed by atoms with Crippen molar-refractivity contribution in [2.75, 3.05) is 5.73 Å². The number of nitrogens with two attached hydrogens (primary N) is 2. The van der Waals surface area contributed by atoms with Gasteiger partial charge in [0.15, 0.2) is 5.78 Å². The van der Waals surface area contributed by atoms with E-state index in [0.29, 0.717) is 12.2 Å². The molecule has 6 heteroatoms. The summed E-state index contributed by atoms with van der Waals surface area (Å²) < 4.78 is 14.3. The topological polar surface area (TPSA) is 91.1 Å². The van der Waals surface area contributed by atoms with Crippen LogP contribution in [0.2, 0.25) is 0 Å². The lowest BCUT2D eigenvalue weighted by Gasteiger charge is -2.13. The Hall–Kier alpha value is -3.25. The van der Waals surface area contributed by atoms with E-state index in [1.807, 2.05) is 0 Å². The number of carbonyl (C=O) groups excluding carboxylic acids is 1. The van der Waals surface area contributed by atoms with Crippen molar-refractivity contribution in [1.29, 1.82) is 0 Å². The van der Waals surface area contributed by atoms with Crippen LogP contribution in [0.1, 0.15) is 21.5 Å². The second-order valence-electron chi connectivity index (χ2n) is 5.51. The smallest absolute Gasteiger partial charge is 0.256 e. The van der Waals surface area contributed by atoms with Crippen molar-refractivity contribution in [3.8, 4) is 5.69 Å². The highest BCUT2D eigenvalue weighted by atomic mass is 19.1. The number of ketones is 1. The number of nitrogens with zero attached hydrogens (tertiary/aromatic N) is 1. The lowest BCUT2D eigenvalue weighted by molar-refractivity contribution is 0.103. The number of rotatable bonds is 4. The maximum absolute atomic E-state index is 13.0. The summed E-state index contributed by atoms with van der Waals surface area (Å²) in [4.78, 5) is 24.9. The van der Waals surface area contributed by atoms with Gasteiger partial charge < -0.3 is 11.5 Å². The van der Waals surface area contributed by atoms with Crippen molar-refractivity contribution in [3.63, 3.8) is 0 Å². The standard InChI is InChI=1S/C19H16FN3O2/c20-14-5-3-13(4-6-14)18(25)16-9-10-17(24)23(19(16)22)15-7-1-12(11-21)2-8-15/h1-10H,11,21-22H2. The maximum Gasteiger partial charge on any atom is 0.256 e. The Kier molecular flexibility index (Phi) is 4.45. The van der Waals surface area contributed by atoms with Crippen molar-refractivity contribution in [2.45, 2.75) is 6.54 Å². The van der Waals surface area contributed by atoms with Crippen LogP contribution in [0, 0.1) is 5.82 Å². The van der Waals surface area contributed by atoms with Gasteiger partial charge in [0.05, 0.1) is 11.3 Å². The summed E-state index contributed by atoms with van der Waals surface area (Å²) in [6, 6.07) is 14.8. The van der Waals surface area contributed by atoms with Crippen LogP contribution >= 0.6 is 0 Å². The Morgan fingerprint density at radius 3 is 2.20 bits per heavy atom. The van der Waals surface area contributed by atoms with Gasteiger partial charge in [-0.3, -0.25) is 14.2 Å². The quantitative estimate of drug-likeness (QED) is 0.714. The average Bonchev–Trinajstić information content (AvgIpc) is 2.62. The van der Waals surface area contributed by atoms with Crippen LogP contribution in [0.15, 0.2) is 65.5 Å². The molecule has 0 spiro atoms. The molecule has 3 rings (SSSR count). The molecule has 126 valence electrons. The predicted molar refractivity (Wildman–Crippen MR) is 94.2 cm³/mol. The number of carbonyl (C=O) groups is 1. The van der Waals surface area contributed by atoms with E-state index in [2.05, 4.69) is 0 Å². The molecule has 0 aliphatic heterocycles. The van der Waals surface area contributed by atoms with Gasteiger partial charge in [-0.05, 0) is 48.0 Å². The summed E-state index contributed by atoms with van der Waals surface area (Å²) >= 11 is 0. The number of hydrogen-bond acceptors (Lipinski definition) is 4. The molecule has 0 aliphatic rings. The van der Waals surface area contributed by atoms with Crippen LogP contribution in [-0.4, -0.2) is 10.4 Å². The van der Waals surface area contributed by atoms with Crippen LogP contribution < -0.4 is 17.0 Å². The minimum Gasteiger partial charge on any atom is -0.384 e. The molecule has 0 aliphatic carbocycles. The number of nitrogen functional groups attached to an aromatic ring is 1. The largest absolute Gasteiger partial charge is 0.384 e. The molecule has 0 saturated carbocycles. The Bertz CT molecular complexity index is 977. The van der Waals surface area contributed by atoms with Crippen LogP contribution in [0.5, 0.6) is 0 Å². The zero-order chi connectivity index (χ0) is 18.0. The number of aromatic nitrogens is 1. The highest BCUT2D eigenvalue weighted by Gasteiger charge is 2.17. The summed E-state index contributed by atoms with van der Waals surface area (Å²) in [5.41, 5.74) is 13.2. The Labute approximate surface area is 143 Å². The second-order valence-corrected chi connectivity index (χ2v) is 5.51. The Balaban J connectivity index is 2.09. The number of halogens is 1. The SMILES string of the molecule is NCc1ccc(-n2c(N)c(C(=O)c3ccc(F)cc3)ccc2=O)cc1. The molecule has 0 unspecified atom stereocenters. The molecule has 25 heavy (non-hydrogen) atoms. The highest BCUT2D eigenvalue weighted by molar-refractivity contribution is 6.11. The summed E-state index contributed by atoms with van der Waals surface area (Å²) in [6.07, 6.45) is 0. The molecular formula is C19H16FN3O2. The van der Waals surface area contributed by atoms with Gasteiger partial charge in [0.25, 0.3) is 5.56 Å². The van der Waals surface area contributed by atoms with E-state index in [4.69, 9.17) is 11.5 Å². The molecule has 0 radical (unpaired) electrons. The Morgan fingerprint density at radius 1 is 0.960 bits per heavy atom. The van der Waals surface area contributed by atoms with Crippen LogP contribution in [-0.2, 0) is 6.54 Å². The van der Waals surface area contributed by atoms with Gasteiger partial charge >= 0.3 is 0 Å². The monoisotopic (exact) mass is 337 g/mol. The van der Waals surface area contributed by atoms with Crippen LogP contribution in [0.3, 0.4) is 0 Å². The summed E-state index contributed by atoms with van der Waals surface area (Å²) in [5.74, 6) is -0.790. The third-order valence-electron chi connectivity index (χ3n) is 3.91. The molecule has 0 fully saturated rings. The third kappa shape index (κ3) is 3.20. The molecule has 3 aromatic rings. The van der Waals surface area contributed by atoms with Gasteiger partial charge in [-0.15, -0.1) is 0 Å². The normalized spacial score (nSPS) is 10.6. The van der Waals surface area contributed by atoms with E-state index in [-0.39, 0.29) is 28.3 Å². The van der Waals surface area contributed by atoms with Gasteiger partial charge in [0, 0.05) is 18.2 Å². The fourth-order valence-electron chi connectivity index (χ4n) is 2.55. The van der Waals surface area contributed by atoms with Crippen LogP contribution in [0.4, 0.5) is 10.2 Å². The number of pyridine rings is 1. The second kappa shape index (κ2) is 6.70. The van der Waals surface area contributed by atoms with Crippen molar-refractivity contribution in [3.05, 3.63) is 93.5 Å². The van der Waals surface area contributed by atoms with Gasteiger partial charge in [0.1, 0.15) is 11.6 Å². The molecule has 5 nitrogen and oxygen atoms in total. The first-order chi connectivity index (χ1) is 12.0. The molecule has 0 atom stereocenters.